The van der Waals surface area contributed by atoms with Crippen LogP contribution in [0.2, 0.25) is 0 Å². The molecule has 0 atom stereocenters. The third-order valence-corrected chi connectivity index (χ3v) is 5.58. The van der Waals surface area contributed by atoms with Gasteiger partial charge in [0.15, 0.2) is 11.0 Å². The van der Waals surface area contributed by atoms with Gasteiger partial charge in [0.2, 0.25) is 11.8 Å². The van der Waals surface area contributed by atoms with E-state index in [9.17, 15) is 4.79 Å². The summed E-state index contributed by atoms with van der Waals surface area (Å²) in [7, 11) is 3.53. The summed E-state index contributed by atoms with van der Waals surface area (Å²) in [5.41, 5.74) is 2.73. The Morgan fingerprint density at radius 1 is 1.16 bits per heavy atom. The maximum Gasteiger partial charge on any atom is 0.237 e. The van der Waals surface area contributed by atoms with Gasteiger partial charge < -0.3 is 19.1 Å². The van der Waals surface area contributed by atoms with Crippen LogP contribution >= 0.6 is 11.8 Å². The minimum Gasteiger partial charge on any atom is -0.495 e. The molecule has 158 valence electrons. The average Bonchev–Trinajstić information content (AvgIpc) is 3.39. The number of para-hydroxylation sites is 2. The molecule has 4 rings (SSSR count). The summed E-state index contributed by atoms with van der Waals surface area (Å²) >= 11 is 1.49. The van der Waals surface area contributed by atoms with Gasteiger partial charge in [-0.05, 0) is 17.7 Å². The number of aromatic nitrogens is 4. The fraction of sp³-hybridized carbons (Fsp3) is 0.182. The number of ether oxygens (including phenoxy) is 1. The molecular formula is C22H21N5O3S. The fourth-order valence-corrected chi connectivity index (χ4v) is 3.83. The lowest BCUT2D eigenvalue weighted by Gasteiger charge is -2.08. The van der Waals surface area contributed by atoms with E-state index < -0.39 is 0 Å². The van der Waals surface area contributed by atoms with E-state index >= 15 is 0 Å². The topological polar surface area (TPSA) is 95.1 Å². The number of nitrogens with one attached hydrogen (secondary N) is 1. The van der Waals surface area contributed by atoms with Crippen molar-refractivity contribution in [3.05, 3.63) is 72.5 Å². The molecule has 0 aliphatic carbocycles. The highest BCUT2D eigenvalue weighted by Crippen LogP contribution is 2.27. The quantitative estimate of drug-likeness (QED) is 0.419. The molecular weight excluding hydrogens is 414 g/mol. The monoisotopic (exact) mass is 435 g/mol. The summed E-state index contributed by atoms with van der Waals surface area (Å²) in [5.74, 6) is 1.56. The average molecular weight is 436 g/mol. The van der Waals surface area contributed by atoms with Gasteiger partial charge in [0.05, 0.1) is 36.9 Å². The van der Waals surface area contributed by atoms with E-state index in [0.717, 1.165) is 16.4 Å². The molecule has 1 N–H and O–H groups in total. The number of benzene rings is 2. The first kappa shape index (κ1) is 20.7. The van der Waals surface area contributed by atoms with Crippen molar-refractivity contribution in [3.63, 3.8) is 0 Å². The Bertz CT molecular complexity index is 1170. The summed E-state index contributed by atoms with van der Waals surface area (Å²) in [6.07, 6.45) is 1.85. The van der Waals surface area contributed by atoms with E-state index in [2.05, 4.69) is 20.4 Å². The van der Waals surface area contributed by atoms with Crippen molar-refractivity contribution < 1.29 is 14.1 Å². The van der Waals surface area contributed by atoms with Gasteiger partial charge in [-0.1, -0.05) is 59.4 Å². The van der Waals surface area contributed by atoms with E-state index in [4.69, 9.17) is 9.26 Å². The molecule has 0 fully saturated rings. The molecule has 1 amide bonds. The van der Waals surface area contributed by atoms with Gasteiger partial charge in [0.1, 0.15) is 5.75 Å². The second kappa shape index (κ2) is 9.48. The number of hydrogen-bond acceptors (Lipinski definition) is 7. The van der Waals surface area contributed by atoms with Crippen LogP contribution < -0.4 is 10.1 Å². The summed E-state index contributed by atoms with van der Waals surface area (Å²) in [5, 5.41) is 7.55. The molecule has 2 aromatic carbocycles. The predicted molar refractivity (Wildman–Crippen MR) is 118 cm³/mol. The standard InChI is InChI=1S/C22H21N5O3S/c1-27-17(15-8-4-3-5-9-15)13-23-22(27)31-14-21-25-19(26-30-21)12-20(28)24-16-10-6-7-11-18(16)29-2/h3-11,13H,12,14H2,1-2H3,(H,24,28). The lowest BCUT2D eigenvalue weighted by molar-refractivity contribution is -0.115. The Morgan fingerprint density at radius 3 is 2.74 bits per heavy atom. The Labute approximate surface area is 183 Å². The van der Waals surface area contributed by atoms with Crippen LogP contribution in [0.4, 0.5) is 5.69 Å². The van der Waals surface area contributed by atoms with Crippen molar-refractivity contribution >= 4 is 23.4 Å². The second-order valence-electron chi connectivity index (χ2n) is 6.67. The maximum atomic E-state index is 12.3. The summed E-state index contributed by atoms with van der Waals surface area (Å²) < 4.78 is 12.6. The molecule has 0 saturated heterocycles. The van der Waals surface area contributed by atoms with Crippen molar-refractivity contribution in [1.82, 2.24) is 19.7 Å². The van der Waals surface area contributed by atoms with Crippen LogP contribution in [0, 0.1) is 0 Å². The SMILES string of the molecule is COc1ccccc1NC(=O)Cc1noc(CSc2ncc(-c3ccccc3)n2C)n1. The number of imidazole rings is 1. The van der Waals surface area contributed by atoms with E-state index in [0.29, 0.717) is 28.9 Å². The van der Waals surface area contributed by atoms with Crippen LogP contribution in [0.5, 0.6) is 5.75 Å². The molecule has 2 aromatic heterocycles. The molecule has 9 heteroatoms. The Morgan fingerprint density at radius 2 is 1.94 bits per heavy atom. The van der Waals surface area contributed by atoms with Crippen molar-refractivity contribution in [3.8, 4) is 17.0 Å². The van der Waals surface area contributed by atoms with Gasteiger partial charge in [-0.3, -0.25) is 4.79 Å². The van der Waals surface area contributed by atoms with Crippen molar-refractivity contribution in [2.75, 3.05) is 12.4 Å². The molecule has 8 nitrogen and oxygen atoms in total. The zero-order chi connectivity index (χ0) is 21.6. The highest BCUT2D eigenvalue weighted by molar-refractivity contribution is 7.98. The molecule has 0 saturated carbocycles. The lowest BCUT2D eigenvalue weighted by Crippen LogP contribution is -2.15. The van der Waals surface area contributed by atoms with Crippen LogP contribution in [0.1, 0.15) is 11.7 Å². The van der Waals surface area contributed by atoms with E-state index in [1.807, 2.05) is 60.3 Å². The number of thioether (sulfide) groups is 1. The minimum atomic E-state index is -0.249. The Kier molecular flexibility index (Phi) is 6.32. The second-order valence-corrected chi connectivity index (χ2v) is 7.61. The molecule has 0 spiro atoms. The van der Waals surface area contributed by atoms with E-state index in [1.165, 1.54) is 11.8 Å². The first-order chi connectivity index (χ1) is 15.1. The highest BCUT2D eigenvalue weighted by Gasteiger charge is 2.15. The molecule has 0 aliphatic heterocycles. The van der Waals surface area contributed by atoms with E-state index in [1.54, 1.807) is 19.2 Å². The lowest BCUT2D eigenvalue weighted by atomic mass is 10.2. The molecule has 0 aliphatic rings. The number of hydrogen-bond donors (Lipinski definition) is 1. The van der Waals surface area contributed by atoms with Gasteiger partial charge in [0.25, 0.3) is 0 Å². The molecule has 0 bridgehead atoms. The Balaban J connectivity index is 1.34. The normalized spacial score (nSPS) is 10.8. The van der Waals surface area contributed by atoms with Gasteiger partial charge in [0, 0.05) is 7.05 Å². The maximum absolute atomic E-state index is 12.3. The van der Waals surface area contributed by atoms with Gasteiger partial charge in [-0.25, -0.2) is 4.98 Å². The van der Waals surface area contributed by atoms with Crippen LogP contribution in [0.15, 0.2) is 70.5 Å². The van der Waals surface area contributed by atoms with E-state index in [-0.39, 0.29) is 12.3 Å². The number of nitrogens with zero attached hydrogens (tertiary/aromatic N) is 4. The zero-order valence-corrected chi connectivity index (χ0v) is 17.9. The summed E-state index contributed by atoms with van der Waals surface area (Å²) in [4.78, 5) is 21.1. The van der Waals surface area contributed by atoms with Crippen LogP contribution in [-0.4, -0.2) is 32.7 Å². The molecule has 31 heavy (non-hydrogen) atoms. The number of carbonyl (C=O) groups excluding carboxylic acids is 1. The molecule has 0 radical (unpaired) electrons. The number of rotatable bonds is 8. The zero-order valence-electron chi connectivity index (χ0n) is 17.1. The third kappa shape index (κ3) is 4.95. The number of amides is 1. The molecule has 2 heterocycles. The van der Waals surface area contributed by atoms with Crippen LogP contribution in [-0.2, 0) is 24.0 Å². The van der Waals surface area contributed by atoms with Crippen LogP contribution in [0.3, 0.4) is 0 Å². The highest BCUT2D eigenvalue weighted by atomic mass is 32.2. The molecule has 4 aromatic rings. The van der Waals surface area contributed by atoms with Crippen molar-refractivity contribution in [2.24, 2.45) is 7.05 Å². The van der Waals surface area contributed by atoms with Crippen molar-refractivity contribution in [1.29, 1.82) is 0 Å². The number of carbonyl (C=O) groups is 1. The smallest absolute Gasteiger partial charge is 0.237 e. The minimum absolute atomic E-state index is 0.00672. The van der Waals surface area contributed by atoms with Crippen molar-refractivity contribution in [2.45, 2.75) is 17.3 Å². The van der Waals surface area contributed by atoms with Crippen LogP contribution in [0.25, 0.3) is 11.3 Å². The number of anilines is 1. The first-order valence-corrected chi connectivity index (χ1v) is 10.6. The third-order valence-electron chi connectivity index (χ3n) is 4.55. The number of methoxy groups -OCH3 is 1. The first-order valence-electron chi connectivity index (χ1n) is 9.58. The predicted octanol–water partition coefficient (Wildman–Crippen LogP) is 3.95. The summed E-state index contributed by atoms with van der Waals surface area (Å²) in [6, 6.07) is 17.3. The summed E-state index contributed by atoms with van der Waals surface area (Å²) in [6.45, 7) is 0. The Hall–Kier alpha value is -3.59. The van der Waals surface area contributed by atoms with Gasteiger partial charge in [-0.2, -0.15) is 4.98 Å². The fourth-order valence-electron chi connectivity index (χ4n) is 3.04. The largest absolute Gasteiger partial charge is 0.495 e. The van der Waals surface area contributed by atoms with Gasteiger partial charge in [-0.15, -0.1) is 0 Å². The van der Waals surface area contributed by atoms with Gasteiger partial charge >= 0.3 is 0 Å². The molecule has 0 unspecified atom stereocenters.